The van der Waals surface area contributed by atoms with Crippen molar-refractivity contribution < 1.29 is 14.3 Å². The van der Waals surface area contributed by atoms with Gasteiger partial charge in [-0.15, -0.1) is 12.4 Å². The van der Waals surface area contributed by atoms with E-state index in [0.717, 1.165) is 31.7 Å². The SMILES string of the molecule is CNC1CCCN(C(=O)CCC(=O)c2ccc(OC)cc2)C1.Cl. The molecule has 23 heavy (non-hydrogen) atoms. The lowest BCUT2D eigenvalue weighted by atomic mass is 10.0. The fourth-order valence-corrected chi connectivity index (χ4v) is 2.74. The quantitative estimate of drug-likeness (QED) is 0.807. The number of ether oxygens (including phenoxy) is 1. The molecule has 1 unspecified atom stereocenters. The maximum Gasteiger partial charge on any atom is 0.223 e. The summed E-state index contributed by atoms with van der Waals surface area (Å²) in [6, 6.07) is 7.37. The molecule has 6 heteroatoms. The number of ketones is 1. The molecule has 0 bridgehead atoms. The highest BCUT2D eigenvalue weighted by molar-refractivity contribution is 5.98. The predicted molar refractivity (Wildman–Crippen MR) is 92.5 cm³/mol. The molecule has 128 valence electrons. The molecular weight excluding hydrogens is 316 g/mol. The number of nitrogens with zero attached hydrogens (tertiary/aromatic N) is 1. The van der Waals surface area contributed by atoms with Crippen LogP contribution in [0.5, 0.6) is 5.75 Å². The molecule has 0 spiro atoms. The number of rotatable bonds is 6. The van der Waals surface area contributed by atoms with Gasteiger partial charge in [0, 0.05) is 37.5 Å². The van der Waals surface area contributed by atoms with E-state index in [-0.39, 0.29) is 36.9 Å². The van der Waals surface area contributed by atoms with Crippen LogP contribution in [-0.2, 0) is 4.79 Å². The van der Waals surface area contributed by atoms with E-state index in [4.69, 9.17) is 4.74 Å². The number of benzene rings is 1. The van der Waals surface area contributed by atoms with E-state index < -0.39 is 0 Å². The monoisotopic (exact) mass is 340 g/mol. The first kappa shape index (κ1) is 19.5. The third-order valence-electron chi connectivity index (χ3n) is 4.16. The minimum Gasteiger partial charge on any atom is -0.497 e. The number of hydrogen-bond acceptors (Lipinski definition) is 4. The number of carbonyl (C=O) groups is 2. The zero-order chi connectivity index (χ0) is 15.9. The van der Waals surface area contributed by atoms with Crippen LogP contribution in [0.25, 0.3) is 0 Å². The number of amides is 1. The van der Waals surface area contributed by atoms with E-state index in [1.807, 2.05) is 11.9 Å². The number of hydrogen-bond donors (Lipinski definition) is 1. The molecule has 5 nitrogen and oxygen atoms in total. The summed E-state index contributed by atoms with van der Waals surface area (Å²) in [6.45, 7) is 1.54. The molecule has 1 N–H and O–H groups in total. The Balaban J connectivity index is 0.00000264. The van der Waals surface area contributed by atoms with Crippen molar-refractivity contribution in [3.05, 3.63) is 29.8 Å². The number of methoxy groups -OCH3 is 1. The molecule has 1 saturated heterocycles. The van der Waals surface area contributed by atoms with Crippen LogP contribution >= 0.6 is 12.4 Å². The average molecular weight is 341 g/mol. The van der Waals surface area contributed by atoms with Crippen LogP contribution in [0.2, 0.25) is 0 Å². The van der Waals surface area contributed by atoms with E-state index in [2.05, 4.69) is 5.32 Å². The van der Waals surface area contributed by atoms with Crippen molar-refractivity contribution >= 4 is 24.1 Å². The molecule has 1 aromatic rings. The summed E-state index contributed by atoms with van der Waals surface area (Å²) in [5.74, 6) is 0.791. The van der Waals surface area contributed by atoms with Crippen molar-refractivity contribution in [2.24, 2.45) is 0 Å². The summed E-state index contributed by atoms with van der Waals surface area (Å²) in [5, 5.41) is 3.22. The van der Waals surface area contributed by atoms with Gasteiger partial charge in [-0.3, -0.25) is 9.59 Å². The Morgan fingerprint density at radius 1 is 1.26 bits per heavy atom. The van der Waals surface area contributed by atoms with Gasteiger partial charge >= 0.3 is 0 Å². The zero-order valence-corrected chi connectivity index (χ0v) is 14.5. The van der Waals surface area contributed by atoms with Crippen molar-refractivity contribution in [2.45, 2.75) is 31.7 Å². The largest absolute Gasteiger partial charge is 0.497 e. The van der Waals surface area contributed by atoms with Gasteiger partial charge in [-0.2, -0.15) is 0 Å². The minimum atomic E-state index is -0.00169. The molecule has 1 aromatic carbocycles. The van der Waals surface area contributed by atoms with Crippen LogP contribution in [0.3, 0.4) is 0 Å². The summed E-state index contributed by atoms with van der Waals surface area (Å²) in [5.41, 5.74) is 0.625. The molecule has 1 fully saturated rings. The van der Waals surface area contributed by atoms with Crippen molar-refractivity contribution in [2.75, 3.05) is 27.2 Å². The van der Waals surface area contributed by atoms with E-state index in [1.165, 1.54) is 0 Å². The summed E-state index contributed by atoms with van der Waals surface area (Å²) in [7, 11) is 3.51. The predicted octanol–water partition coefficient (Wildman–Crippen LogP) is 2.29. The number of likely N-dealkylation sites (N-methyl/N-ethyl adjacent to an activating group) is 1. The molecule has 0 radical (unpaired) electrons. The molecular formula is C17H25ClN2O3. The highest BCUT2D eigenvalue weighted by Gasteiger charge is 2.22. The average Bonchev–Trinajstić information content (AvgIpc) is 2.59. The third kappa shape index (κ3) is 5.52. The van der Waals surface area contributed by atoms with Gasteiger partial charge in [0.1, 0.15) is 5.75 Å². The van der Waals surface area contributed by atoms with Gasteiger partial charge in [0.25, 0.3) is 0 Å². The van der Waals surface area contributed by atoms with Crippen LogP contribution in [0, 0.1) is 0 Å². The molecule has 0 aromatic heterocycles. The Morgan fingerprint density at radius 3 is 2.57 bits per heavy atom. The lowest BCUT2D eigenvalue weighted by molar-refractivity contribution is -0.132. The van der Waals surface area contributed by atoms with Crippen molar-refractivity contribution in [1.29, 1.82) is 0 Å². The van der Waals surface area contributed by atoms with Crippen molar-refractivity contribution in [1.82, 2.24) is 10.2 Å². The first-order valence-electron chi connectivity index (χ1n) is 7.76. The standard InChI is InChI=1S/C17H24N2O3.ClH/c1-18-14-4-3-11-19(12-14)17(21)10-9-16(20)13-5-7-15(22-2)8-6-13;/h5-8,14,18H,3-4,9-12H2,1-2H3;1H. The van der Waals surface area contributed by atoms with E-state index in [9.17, 15) is 9.59 Å². The van der Waals surface area contributed by atoms with Crippen LogP contribution < -0.4 is 10.1 Å². The Morgan fingerprint density at radius 2 is 1.96 bits per heavy atom. The number of halogens is 1. The Labute approximate surface area is 143 Å². The van der Waals surface area contributed by atoms with Crippen LogP contribution in [0.4, 0.5) is 0 Å². The highest BCUT2D eigenvalue weighted by Crippen LogP contribution is 2.15. The van der Waals surface area contributed by atoms with Gasteiger partial charge in [0.05, 0.1) is 7.11 Å². The normalized spacial score (nSPS) is 17.3. The molecule has 1 aliphatic heterocycles. The number of carbonyl (C=O) groups excluding carboxylic acids is 2. The Hall–Kier alpha value is -1.59. The van der Waals surface area contributed by atoms with Crippen LogP contribution in [0.1, 0.15) is 36.0 Å². The second-order valence-corrected chi connectivity index (χ2v) is 5.62. The van der Waals surface area contributed by atoms with E-state index in [0.29, 0.717) is 11.6 Å². The lowest BCUT2D eigenvalue weighted by Gasteiger charge is -2.32. The first-order chi connectivity index (χ1) is 10.6. The van der Waals surface area contributed by atoms with Gasteiger partial charge in [-0.05, 0) is 44.2 Å². The minimum absolute atomic E-state index is 0. The maximum atomic E-state index is 12.2. The Kier molecular flexibility index (Phi) is 8.06. The summed E-state index contributed by atoms with van der Waals surface area (Å²) < 4.78 is 5.07. The van der Waals surface area contributed by atoms with Gasteiger partial charge in [0.15, 0.2) is 5.78 Å². The highest BCUT2D eigenvalue weighted by atomic mass is 35.5. The number of likely N-dealkylation sites (tertiary alicyclic amines) is 1. The number of nitrogens with one attached hydrogen (secondary N) is 1. The number of Topliss-reactive ketones (excluding diaryl/α,β-unsaturated/α-hetero) is 1. The topological polar surface area (TPSA) is 58.6 Å². The van der Waals surface area contributed by atoms with E-state index in [1.54, 1.807) is 31.4 Å². The summed E-state index contributed by atoms with van der Waals surface area (Å²) in [4.78, 5) is 26.2. The van der Waals surface area contributed by atoms with E-state index >= 15 is 0 Å². The summed E-state index contributed by atoms with van der Waals surface area (Å²) >= 11 is 0. The van der Waals surface area contributed by atoms with Crippen molar-refractivity contribution in [3.63, 3.8) is 0 Å². The fourth-order valence-electron chi connectivity index (χ4n) is 2.74. The zero-order valence-electron chi connectivity index (χ0n) is 13.7. The molecule has 0 aliphatic carbocycles. The second kappa shape index (κ2) is 9.53. The third-order valence-corrected chi connectivity index (χ3v) is 4.16. The first-order valence-corrected chi connectivity index (χ1v) is 7.76. The molecule has 1 heterocycles. The molecule has 2 rings (SSSR count). The fraction of sp³-hybridized carbons (Fsp3) is 0.529. The number of piperidine rings is 1. The smallest absolute Gasteiger partial charge is 0.223 e. The molecule has 1 amide bonds. The molecule has 0 saturated carbocycles. The van der Waals surface area contributed by atoms with Gasteiger partial charge < -0.3 is 15.0 Å². The van der Waals surface area contributed by atoms with Crippen LogP contribution in [-0.4, -0.2) is 49.9 Å². The maximum absolute atomic E-state index is 12.2. The summed E-state index contributed by atoms with van der Waals surface area (Å²) in [6.07, 6.45) is 2.65. The Bertz CT molecular complexity index is 519. The van der Waals surface area contributed by atoms with Gasteiger partial charge in [0.2, 0.25) is 5.91 Å². The van der Waals surface area contributed by atoms with Gasteiger partial charge in [-0.25, -0.2) is 0 Å². The van der Waals surface area contributed by atoms with Gasteiger partial charge in [-0.1, -0.05) is 0 Å². The molecule has 1 aliphatic rings. The van der Waals surface area contributed by atoms with Crippen LogP contribution in [0.15, 0.2) is 24.3 Å². The lowest BCUT2D eigenvalue weighted by Crippen LogP contribution is -2.47. The molecule has 1 atom stereocenters. The second-order valence-electron chi connectivity index (χ2n) is 5.62. The van der Waals surface area contributed by atoms with Crippen molar-refractivity contribution in [3.8, 4) is 5.75 Å².